The average Bonchev–Trinajstić information content (AvgIpc) is 3.15. The fourth-order valence-corrected chi connectivity index (χ4v) is 4.12. The van der Waals surface area contributed by atoms with Crippen LogP contribution in [0.3, 0.4) is 0 Å². The second-order valence-electron chi connectivity index (χ2n) is 6.64. The molecule has 2 saturated carbocycles. The Bertz CT molecular complexity index is 532. The lowest BCUT2D eigenvalue weighted by atomic mass is 9.85. The van der Waals surface area contributed by atoms with Crippen molar-refractivity contribution in [2.75, 3.05) is 18.5 Å². The molecule has 4 atom stereocenters. The number of rotatable bonds is 6. The molecule has 0 heterocycles. The highest BCUT2D eigenvalue weighted by Gasteiger charge is 2.47. The van der Waals surface area contributed by atoms with E-state index >= 15 is 0 Å². The topological polar surface area (TPSA) is 70.6 Å². The van der Waals surface area contributed by atoms with Gasteiger partial charge in [-0.15, -0.1) is 0 Å². The van der Waals surface area contributed by atoms with Crippen molar-refractivity contribution in [2.24, 2.45) is 17.8 Å². The largest absolute Gasteiger partial charge is 0.396 e. The Balaban J connectivity index is 1.53. The van der Waals surface area contributed by atoms with Gasteiger partial charge in [-0.1, -0.05) is 12.1 Å². The van der Waals surface area contributed by atoms with E-state index in [1.54, 1.807) is 0 Å². The van der Waals surface area contributed by atoms with Crippen molar-refractivity contribution in [2.45, 2.75) is 38.8 Å². The summed E-state index contributed by atoms with van der Waals surface area (Å²) in [6, 6.07) is 7.62. The van der Waals surface area contributed by atoms with Crippen LogP contribution in [0.4, 0.5) is 10.5 Å². The molecule has 2 amide bonds. The lowest BCUT2D eigenvalue weighted by molar-refractivity contribution is 0.134. The molecule has 2 aliphatic rings. The van der Waals surface area contributed by atoms with Gasteiger partial charge in [-0.3, -0.25) is 0 Å². The van der Waals surface area contributed by atoms with Gasteiger partial charge >= 0.3 is 6.03 Å². The third-order valence-electron chi connectivity index (χ3n) is 5.28. The number of carbonyl (C=O) groups excluding carboxylic acids is 1. The number of aliphatic hydroxyl groups excluding tert-OH is 1. The van der Waals surface area contributed by atoms with Crippen LogP contribution in [0.2, 0.25) is 0 Å². The minimum absolute atomic E-state index is 0.107. The molecule has 0 saturated heterocycles. The van der Waals surface area contributed by atoms with Crippen molar-refractivity contribution in [3.63, 3.8) is 0 Å². The highest BCUT2D eigenvalue weighted by molar-refractivity contribution is 5.89. The van der Waals surface area contributed by atoms with Crippen LogP contribution in [0.5, 0.6) is 0 Å². The smallest absolute Gasteiger partial charge is 0.319 e. The Morgan fingerprint density at radius 1 is 1.26 bits per heavy atom. The zero-order valence-electron chi connectivity index (χ0n) is 13.6. The Kier molecular flexibility index (Phi) is 5.18. The van der Waals surface area contributed by atoms with Gasteiger partial charge < -0.3 is 20.5 Å². The van der Waals surface area contributed by atoms with E-state index < -0.39 is 0 Å². The van der Waals surface area contributed by atoms with Crippen molar-refractivity contribution in [3.05, 3.63) is 29.8 Å². The van der Waals surface area contributed by atoms with Crippen LogP contribution < -0.4 is 10.6 Å². The van der Waals surface area contributed by atoms with Crippen molar-refractivity contribution < 1.29 is 14.6 Å². The first-order valence-electron chi connectivity index (χ1n) is 8.56. The van der Waals surface area contributed by atoms with Crippen molar-refractivity contribution in [1.29, 1.82) is 0 Å². The van der Waals surface area contributed by atoms with E-state index in [2.05, 4.69) is 10.6 Å². The summed E-state index contributed by atoms with van der Waals surface area (Å²) in [5.74, 6) is 1.32. The third-order valence-corrected chi connectivity index (χ3v) is 5.28. The Morgan fingerprint density at radius 3 is 2.70 bits per heavy atom. The minimum atomic E-state index is -0.182. The molecule has 2 bridgehead atoms. The molecule has 126 valence electrons. The number of nitrogens with one attached hydrogen (secondary N) is 2. The lowest BCUT2D eigenvalue weighted by Crippen LogP contribution is -2.46. The number of ether oxygens (including phenoxy) is 1. The summed E-state index contributed by atoms with van der Waals surface area (Å²) in [5.41, 5.74) is 1.86. The zero-order valence-corrected chi connectivity index (χ0v) is 13.6. The van der Waals surface area contributed by atoms with Gasteiger partial charge in [0.25, 0.3) is 0 Å². The molecule has 1 aromatic rings. The molecular weight excluding hydrogens is 292 g/mol. The molecule has 1 aromatic carbocycles. The predicted molar refractivity (Wildman–Crippen MR) is 89.1 cm³/mol. The Morgan fingerprint density at radius 2 is 2.00 bits per heavy atom. The van der Waals surface area contributed by atoms with Crippen LogP contribution in [-0.4, -0.2) is 30.4 Å². The molecule has 0 aromatic heterocycles. The van der Waals surface area contributed by atoms with Gasteiger partial charge in [0.1, 0.15) is 0 Å². The molecule has 5 nitrogen and oxygen atoms in total. The number of amides is 2. The maximum absolute atomic E-state index is 12.2. The average molecular weight is 318 g/mol. The second-order valence-corrected chi connectivity index (χ2v) is 6.64. The molecule has 3 N–H and O–H groups in total. The van der Waals surface area contributed by atoms with Gasteiger partial charge in [0.05, 0.1) is 6.61 Å². The highest BCUT2D eigenvalue weighted by Crippen LogP contribution is 2.48. The summed E-state index contributed by atoms with van der Waals surface area (Å²) in [6.45, 7) is 3.41. The van der Waals surface area contributed by atoms with Crippen LogP contribution in [0, 0.1) is 17.8 Å². The number of urea groups is 1. The SMILES string of the molecule is CCOCc1ccc(NC(=O)NC2C3CCC(C3)C2CO)cc1. The molecule has 4 unspecified atom stereocenters. The van der Waals surface area contributed by atoms with Gasteiger partial charge in [0.15, 0.2) is 0 Å². The van der Waals surface area contributed by atoms with Gasteiger partial charge in [-0.2, -0.15) is 0 Å². The Labute approximate surface area is 137 Å². The number of hydrogen-bond donors (Lipinski definition) is 3. The second kappa shape index (κ2) is 7.32. The van der Waals surface area contributed by atoms with Gasteiger partial charge in [-0.05, 0) is 55.7 Å². The molecule has 5 heteroatoms. The molecule has 23 heavy (non-hydrogen) atoms. The fraction of sp³-hybridized carbons (Fsp3) is 0.611. The summed E-state index contributed by atoms with van der Waals surface area (Å²) in [7, 11) is 0. The van der Waals surface area contributed by atoms with E-state index in [0.717, 1.165) is 24.1 Å². The van der Waals surface area contributed by atoms with Crippen molar-refractivity contribution in [1.82, 2.24) is 5.32 Å². The third kappa shape index (κ3) is 3.67. The van der Waals surface area contributed by atoms with Crippen molar-refractivity contribution >= 4 is 11.7 Å². The standard InChI is InChI=1S/C18H26N2O3/c1-2-23-11-12-3-7-15(8-4-12)19-18(22)20-17-14-6-5-13(9-14)16(17)10-21/h3-4,7-8,13-14,16-17,21H,2,5-6,9-11H2,1H3,(H2,19,20,22). The maximum Gasteiger partial charge on any atom is 0.319 e. The monoisotopic (exact) mass is 318 g/mol. The summed E-state index contributed by atoms with van der Waals surface area (Å²) in [5, 5.41) is 15.5. The van der Waals surface area contributed by atoms with Gasteiger partial charge in [0.2, 0.25) is 0 Å². The first-order chi connectivity index (χ1) is 11.2. The van der Waals surface area contributed by atoms with Crippen LogP contribution in [-0.2, 0) is 11.3 Å². The Hall–Kier alpha value is -1.59. The zero-order chi connectivity index (χ0) is 16.2. The van der Waals surface area contributed by atoms with E-state index in [0.29, 0.717) is 25.0 Å². The van der Waals surface area contributed by atoms with E-state index in [-0.39, 0.29) is 24.6 Å². The van der Waals surface area contributed by atoms with Crippen LogP contribution in [0.25, 0.3) is 0 Å². The normalized spacial score (nSPS) is 28.8. The molecule has 0 aliphatic heterocycles. The molecule has 2 aliphatic carbocycles. The lowest BCUT2D eigenvalue weighted by Gasteiger charge is -2.30. The van der Waals surface area contributed by atoms with E-state index in [1.165, 1.54) is 6.42 Å². The molecule has 2 fully saturated rings. The number of benzene rings is 1. The van der Waals surface area contributed by atoms with Crippen LogP contribution >= 0.6 is 0 Å². The molecule has 0 spiro atoms. The number of carbonyl (C=O) groups is 1. The van der Waals surface area contributed by atoms with E-state index in [4.69, 9.17) is 4.74 Å². The van der Waals surface area contributed by atoms with E-state index in [1.807, 2.05) is 31.2 Å². The van der Waals surface area contributed by atoms with Gasteiger partial charge in [-0.25, -0.2) is 4.79 Å². The number of aliphatic hydroxyl groups is 1. The predicted octanol–water partition coefficient (Wildman–Crippen LogP) is 2.75. The first kappa shape index (κ1) is 16.3. The van der Waals surface area contributed by atoms with E-state index in [9.17, 15) is 9.90 Å². The first-order valence-corrected chi connectivity index (χ1v) is 8.56. The minimum Gasteiger partial charge on any atom is -0.396 e. The summed E-state index contributed by atoms with van der Waals surface area (Å²) < 4.78 is 5.36. The van der Waals surface area contributed by atoms with Gasteiger partial charge in [0, 0.05) is 30.9 Å². The van der Waals surface area contributed by atoms with Crippen molar-refractivity contribution in [3.8, 4) is 0 Å². The van der Waals surface area contributed by atoms with Crippen LogP contribution in [0.15, 0.2) is 24.3 Å². The summed E-state index contributed by atoms with van der Waals surface area (Å²) in [4.78, 5) is 12.2. The van der Waals surface area contributed by atoms with Crippen LogP contribution in [0.1, 0.15) is 31.7 Å². The fourth-order valence-electron chi connectivity index (χ4n) is 4.12. The molecule has 3 rings (SSSR count). The summed E-state index contributed by atoms with van der Waals surface area (Å²) in [6.07, 6.45) is 3.50. The molecule has 0 radical (unpaired) electrons. The molecular formula is C18H26N2O3. The maximum atomic E-state index is 12.2. The number of anilines is 1. The highest BCUT2D eigenvalue weighted by atomic mass is 16.5. The number of fused-ring (bicyclic) bond motifs is 2. The quantitative estimate of drug-likeness (QED) is 0.755. The number of hydrogen-bond acceptors (Lipinski definition) is 3. The summed E-state index contributed by atoms with van der Waals surface area (Å²) >= 11 is 0.